The van der Waals surface area contributed by atoms with Gasteiger partial charge in [-0.3, -0.25) is 9.09 Å². The molecular formula is C14H32ClO5PSi. The maximum Gasteiger partial charge on any atom is 0.332 e. The molecule has 2 unspecified atom stereocenters. The van der Waals surface area contributed by atoms with Gasteiger partial charge in [0.2, 0.25) is 0 Å². The van der Waals surface area contributed by atoms with Gasteiger partial charge in [0.05, 0.1) is 13.2 Å². The summed E-state index contributed by atoms with van der Waals surface area (Å²) in [5.41, 5.74) is -0.387. The zero-order chi connectivity index (χ0) is 17.4. The molecule has 134 valence electrons. The summed E-state index contributed by atoms with van der Waals surface area (Å²) < 4.78 is 35.9. The molecule has 0 aromatic heterocycles. The third-order valence-corrected chi connectivity index (χ3v) is 6.23. The van der Waals surface area contributed by atoms with E-state index in [0.29, 0.717) is 25.8 Å². The summed E-state index contributed by atoms with van der Waals surface area (Å²) in [6.07, 6.45) is 0.753. The van der Waals surface area contributed by atoms with Gasteiger partial charge in [0.25, 0.3) is 0 Å². The monoisotopic (exact) mass is 374 g/mol. The molecule has 0 heterocycles. The van der Waals surface area contributed by atoms with Crippen molar-refractivity contribution in [3.05, 3.63) is 0 Å². The van der Waals surface area contributed by atoms with E-state index in [2.05, 4.69) is 13.1 Å². The molecule has 0 N–H and O–H groups in total. The predicted molar refractivity (Wildman–Crippen MR) is 94.3 cm³/mol. The molecular weight excluding hydrogens is 343 g/mol. The van der Waals surface area contributed by atoms with Crippen LogP contribution in [0, 0.1) is 5.41 Å². The molecule has 2 atom stereocenters. The van der Waals surface area contributed by atoms with Gasteiger partial charge < -0.3 is 13.7 Å². The molecule has 0 aliphatic heterocycles. The third kappa shape index (κ3) is 6.99. The lowest BCUT2D eigenvalue weighted by atomic mass is 9.84. The van der Waals surface area contributed by atoms with Crippen molar-refractivity contribution in [2.75, 3.05) is 25.4 Å². The van der Waals surface area contributed by atoms with Crippen molar-refractivity contribution in [3.63, 3.8) is 0 Å². The zero-order valence-corrected chi connectivity index (χ0v) is 17.8. The average Bonchev–Trinajstić information content (AvgIpc) is 2.37. The van der Waals surface area contributed by atoms with E-state index in [-0.39, 0.29) is 11.5 Å². The smallest absolute Gasteiger partial charge is 0.332 e. The Labute approximate surface area is 142 Å². The predicted octanol–water partition coefficient (Wildman–Crippen LogP) is 4.60. The van der Waals surface area contributed by atoms with E-state index in [9.17, 15) is 4.57 Å². The minimum absolute atomic E-state index is 0.107. The van der Waals surface area contributed by atoms with Crippen LogP contribution in [0.2, 0.25) is 13.1 Å². The van der Waals surface area contributed by atoms with Crippen LogP contribution in [0.5, 0.6) is 0 Å². The first-order valence-electron chi connectivity index (χ1n) is 7.81. The van der Waals surface area contributed by atoms with E-state index in [0.717, 1.165) is 0 Å². The van der Waals surface area contributed by atoms with Crippen molar-refractivity contribution in [1.82, 2.24) is 0 Å². The van der Waals surface area contributed by atoms with Gasteiger partial charge in [0, 0.05) is 18.0 Å². The van der Waals surface area contributed by atoms with Crippen LogP contribution in [-0.2, 0) is 22.8 Å². The summed E-state index contributed by atoms with van der Waals surface area (Å²) >= 11 is 5.59. The summed E-state index contributed by atoms with van der Waals surface area (Å²) in [4.78, 5) is 0. The molecule has 0 amide bonds. The van der Waals surface area contributed by atoms with Crippen molar-refractivity contribution >= 4 is 28.2 Å². The fourth-order valence-corrected chi connectivity index (χ4v) is 5.15. The second-order valence-electron chi connectivity index (χ2n) is 6.37. The number of alkyl halides is 1. The second kappa shape index (κ2) is 9.77. The Morgan fingerprint density at radius 3 is 2.14 bits per heavy atom. The quantitative estimate of drug-likeness (QED) is 0.174. The molecule has 0 fully saturated rings. The number of ether oxygens (including phenoxy) is 1. The van der Waals surface area contributed by atoms with Crippen molar-refractivity contribution < 1.29 is 22.8 Å². The van der Waals surface area contributed by atoms with Crippen LogP contribution in [0.1, 0.15) is 41.0 Å². The van der Waals surface area contributed by atoms with E-state index in [1.807, 2.05) is 20.8 Å². The van der Waals surface area contributed by atoms with Gasteiger partial charge in [0.15, 0.2) is 14.8 Å². The number of hydrogen-bond donors (Lipinski definition) is 0. The van der Waals surface area contributed by atoms with Crippen molar-refractivity contribution in [1.29, 1.82) is 0 Å². The molecule has 0 aliphatic carbocycles. The topological polar surface area (TPSA) is 54.0 Å². The van der Waals surface area contributed by atoms with Gasteiger partial charge in [-0.1, -0.05) is 39.3 Å². The Kier molecular flexibility index (Phi) is 10.0. The largest absolute Gasteiger partial charge is 0.393 e. The van der Waals surface area contributed by atoms with Gasteiger partial charge in [-0.25, -0.2) is 0 Å². The molecule has 0 aliphatic rings. The minimum Gasteiger partial charge on any atom is -0.393 e. The van der Waals surface area contributed by atoms with Gasteiger partial charge in [0.1, 0.15) is 6.07 Å². The fraction of sp³-hybridized carbons (Fsp3) is 1.00. The highest BCUT2D eigenvalue weighted by molar-refractivity contribution is 7.53. The Balaban J connectivity index is 5.55. The fourth-order valence-electron chi connectivity index (χ4n) is 2.06. The van der Waals surface area contributed by atoms with Crippen LogP contribution in [0.4, 0.5) is 0 Å². The lowest BCUT2D eigenvalue weighted by molar-refractivity contribution is -0.204. The molecule has 0 spiro atoms. The maximum atomic E-state index is 12.9. The van der Waals surface area contributed by atoms with Crippen molar-refractivity contribution in [2.24, 2.45) is 5.41 Å². The standard InChI is InChI=1S/C14H32ClO5PSi/c1-8-18-21(16,9-2)19-14(13(3,4)5,20-22(6)7)10-11-17-12-15/h22H,8-12H2,1-7H3. The van der Waals surface area contributed by atoms with E-state index < -0.39 is 22.4 Å². The highest BCUT2D eigenvalue weighted by Crippen LogP contribution is 2.56. The maximum absolute atomic E-state index is 12.9. The average molecular weight is 375 g/mol. The minimum atomic E-state index is -3.21. The van der Waals surface area contributed by atoms with Crippen LogP contribution in [0.15, 0.2) is 0 Å². The van der Waals surface area contributed by atoms with Crippen molar-refractivity contribution in [2.45, 2.75) is 59.9 Å². The third-order valence-electron chi connectivity index (χ3n) is 3.22. The van der Waals surface area contributed by atoms with Gasteiger partial charge in [-0.2, -0.15) is 0 Å². The van der Waals surface area contributed by atoms with E-state index in [1.165, 1.54) is 0 Å². The highest BCUT2D eigenvalue weighted by atomic mass is 35.5. The SMILES string of the molecule is CCOP(=O)(CC)OC(CCOCCl)(O[SiH](C)C)C(C)(C)C. The zero-order valence-electron chi connectivity index (χ0n) is 15.0. The molecule has 8 heteroatoms. The molecule has 22 heavy (non-hydrogen) atoms. The number of rotatable bonds is 11. The second-order valence-corrected chi connectivity index (χ2v) is 11.2. The van der Waals surface area contributed by atoms with Crippen LogP contribution >= 0.6 is 19.2 Å². The number of hydrogen-bond acceptors (Lipinski definition) is 5. The first-order valence-corrected chi connectivity index (χ1v) is 12.9. The van der Waals surface area contributed by atoms with Crippen LogP contribution < -0.4 is 0 Å². The molecule has 0 rings (SSSR count). The van der Waals surface area contributed by atoms with Gasteiger partial charge in [-0.05, 0) is 20.0 Å². The Hall–Kier alpha value is 0.577. The lowest BCUT2D eigenvalue weighted by Crippen LogP contribution is -2.50. The Morgan fingerprint density at radius 1 is 1.18 bits per heavy atom. The molecule has 0 bridgehead atoms. The van der Waals surface area contributed by atoms with Crippen LogP contribution in [-0.4, -0.2) is 40.3 Å². The van der Waals surface area contributed by atoms with Crippen LogP contribution in [0.3, 0.4) is 0 Å². The molecule has 0 radical (unpaired) electrons. The normalized spacial score (nSPS) is 18.2. The summed E-state index contributed by atoms with van der Waals surface area (Å²) in [5.74, 6) is -1.01. The summed E-state index contributed by atoms with van der Waals surface area (Å²) in [5, 5.41) is 0. The van der Waals surface area contributed by atoms with E-state index >= 15 is 0 Å². The van der Waals surface area contributed by atoms with Gasteiger partial charge >= 0.3 is 7.60 Å². The summed E-state index contributed by atoms with van der Waals surface area (Å²) in [6, 6.07) is 0.107. The summed E-state index contributed by atoms with van der Waals surface area (Å²) in [7, 11) is -4.67. The van der Waals surface area contributed by atoms with Gasteiger partial charge in [-0.15, -0.1) is 0 Å². The van der Waals surface area contributed by atoms with Crippen LogP contribution in [0.25, 0.3) is 0 Å². The molecule has 0 aromatic carbocycles. The molecule has 0 saturated heterocycles. The lowest BCUT2D eigenvalue weighted by Gasteiger charge is -2.46. The molecule has 0 aromatic rings. The van der Waals surface area contributed by atoms with Crippen molar-refractivity contribution in [3.8, 4) is 0 Å². The Bertz CT molecular complexity index is 362. The summed E-state index contributed by atoms with van der Waals surface area (Å²) in [6.45, 7) is 14.5. The molecule has 0 saturated carbocycles. The Morgan fingerprint density at radius 2 is 1.77 bits per heavy atom. The first-order chi connectivity index (χ1) is 10.1. The van der Waals surface area contributed by atoms with E-state index in [4.69, 9.17) is 29.8 Å². The van der Waals surface area contributed by atoms with E-state index in [1.54, 1.807) is 13.8 Å². The number of halogens is 1. The molecule has 5 nitrogen and oxygen atoms in total. The highest BCUT2D eigenvalue weighted by Gasteiger charge is 2.49. The first kappa shape index (κ1) is 22.6.